The fourth-order valence-corrected chi connectivity index (χ4v) is 3.46. The number of carbonyl (C=O) groups is 1. The maximum atomic E-state index is 12.7. The number of carbonyl (C=O) groups excluding carboxylic acids is 1. The first-order valence-electron chi connectivity index (χ1n) is 8.58. The van der Waals surface area contributed by atoms with E-state index in [9.17, 15) is 4.79 Å². The van der Waals surface area contributed by atoms with Crippen molar-refractivity contribution >= 4 is 18.3 Å². The van der Waals surface area contributed by atoms with Gasteiger partial charge in [0.05, 0.1) is 0 Å². The molecule has 23 heavy (non-hydrogen) atoms. The van der Waals surface area contributed by atoms with Crippen LogP contribution in [0.1, 0.15) is 51.5 Å². The van der Waals surface area contributed by atoms with Crippen molar-refractivity contribution in [1.29, 1.82) is 0 Å². The highest BCUT2D eigenvalue weighted by Crippen LogP contribution is 2.28. The zero-order valence-electron chi connectivity index (χ0n) is 14.4. The minimum atomic E-state index is -0.413. The van der Waals surface area contributed by atoms with E-state index in [1.165, 1.54) is 37.7 Å². The SMILES string of the molecule is CC(C)(Cc1ccccc1)C(=O)NC(CN)C1CCCCC1.Cl. The zero-order chi connectivity index (χ0) is 16.0. The van der Waals surface area contributed by atoms with Gasteiger partial charge in [0.25, 0.3) is 0 Å². The van der Waals surface area contributed by atoms with Crippen LogP contribution in [0.4, 0.5) is 0 Å². The molecule has 1 unspecified atom stereocenters. The van der Waals surface area contributed by atoms with E-state index in [1.54, 1.807) is 0 Å². The van der Waals surface area contributed by atoms with Gasteiger partial charge in [-0.2, -0.15) is 0 Å². The molecule has 4 heteroatoms. The summed E-state index contributed by atoms with van der Waals surface area (Å²) in [5.74, 6) is 0.674. The highest BCUT2D eigenvalue weighted by atomic mass is 35.5. The number of hydrogen-bond acceptors (Lipinski definition) is 2. The summed E-state index contributed by atoms with van der Waals surface area (Å²) >= 11 is 0. The normalized spacial score (nSPS) is 17.2. The van der Waals surface area contributed by atoms with Crippen molar-refractivity contribution in [2.75, 3.05) is 6.54 Å². The van der Waals surface area contributed by atoms with Crippen LogP contribution >= 0.6 is 12.4 Å². The predicted molar refractivity (Wildman–Crippen MR) is 98.7 cm³/mol. The zero-order valence-corrected chi connectivity index (χ0v) is 15.2. The van der Waals surface area contributed by atoms with Gasteiger partial charge in [0.1, 0.15) is 0 Å². The molecule has 1 aliphatic rings. The Balaban J connectivity index is 0.00000264. The first-order valence-corrected chi connectivity index (χ1v) is 8.58. The second-order valence-corrected chi connectivity index (χ2v) is 7.26. The number of nitrogens with two attached hydrogens (primary N) is 1. The summed E-state index contributed by atoms with van der Waals surface area (Å²) in [5, 5.41) is 3.23. The average Bonchev–Trinajstić information content (AvgIpc) is 2.53. The van der Waals surface area contributed by atoms with E-state index in [-0.39, 0.29) is 24.4 Å². The first kappa shape index (κ1) is 20.0. The van der Waals surface area contributed by atoms with Crippen LogP contribution in [0, 0.1) is 11.3 Å². The van der Waals surface area contributed by atoms with Crippen molar-refractivity contribution in [1.82, 2.24) is 5.32 Å². The van der Waals surface area contributed by atoms with Gasteiger partial charge in [-0.25, -0.2) is 0 Å². The maximum Gasteiger partial charge on any atom is 0.226 e. The molecule has 0 heterocycles. The third kappa shape index (κ3) is 5.82. The lowest BCUT2D eigenvalue weighted by atomic mass is 9.81. The molecule has 0 radical (unpaired) electrons. The summed E-state index contributed by atoms with van der Waals surface area (Å²) in [7, 11) is 0. The van der Waals surface area contributed by atoms with E-state index in [2.05, 4.69) is 17.4 Å². The molecule has 1 aliphatic carbocycles. The quantitative estimate of drug-likeness (QED) is 0.830. The molecule has 1 aromatic rings. The number of halogens is 1. The lowest BCUT2D eigenvalue weighted by molar-refractivity contribution is -0.130. The Hall–Kier alpha value is -1.06. The Morgan fingerprint density at radius 2 is 1.83 bits per heavy atom. The second kappa shape index (κ2) is 9.29. The van der Waals surface area contributed by atoms with Crippen molar-refractivity contribution in [2.24, 2.45) is 17.1 Å². The molecule has 1 aromatic carbocycles. The second-order valence-electron chi connectivity index (χ2n) is 7.26. The molecule has 2 rings (SSSR count). The third-order valence-corrected chi connectivity index (χ3v) is 4.89. The molecular formula is C19H31ClN2O. The molecule has 0 aliphatic heterocycles. The molecule has 1 amide bonds. The Kier molecular flexibility index (Phi) is 8.07. The number of benzene rings is 1. The molecule has 0 aromatic heterocycles. The van der Waals surface area contributed by atoms with Crippen molar-refractivity contribution in [2.45, 2.75) is 58.4 Å². The highest BCUT2D eigenvalue weighted by Gasteiger charge is 2.31. The van der Waals surface area contributed by atoms with Crippen LogP contribution in [0.25, 0.3) is 0 Å². The van der Waals surface area contributed by atoms with E-state index in [0.29, 0.717) is 12.5 Å². The minimum absolute atomic E-state index is 0. The Morgan fingerprint density at radius 1 is 1.22 bits per heavy atom. The summed E-state index contributed by atoms with van der Waals surface area (Å²) < 4.78 is 0. The van der Waals surface area contributed by atoms with Crippen molar-refractivity contribution < 1.29 is 4.79 Å². The van der Waals surface area contributed by atoms with Gasteiger partial charge in [-0.3, -0.25) is 4.79 Å². The number of amides is 1. The van der Waals surface area contributed by atoms with Gasteiger partial charge in [0.15, 0.2) is 0 Å². The van der Waals surface area contributed by atoms with Gasteiger partial charge in [0, 0.05) is 18.0 Å². The Morgan fingerprint density at radius 3 is 2.39 bits per heavy atom. The fraction of sp³-hybridized carbons (Fsp3) is 0.632. The predicted octanol–water partition coefficient (Wildman–Crippen LogP) is 3.70. The molecular weight excluding hydrogens is 308 g/mol. The van der Waals surface area contributed by atoms with Gasteiger partial charge in [0.2, 0.25) is 5.91 Å². The van der Waals surface area contributed by atoms with Crippen LogP contribution in [0.3, 0.4) is 0 Å². The maximum absolute atomic E-state index is 12.7. The van der Waals surface area contributed by atoms with Crippen LogP contribution in [0.5, 0.6) is 0 Å². The summed E-state index contributed by atoms with van der Waals surface area (Å²) in [4.78, 5) is 12.7. The number of nitrogens with one attached hydrogen (secondary N) is 1. The molecule has 0 spiro atoms. The van der Waals surface area contributed by atoms with Crippen molar-refractivity contribution in [3.05, 3.63) is 35.9 Å². The monoisotopic (exact) mass is 338 g/mol. The largest absolute Gasteiger partial charge is 0.351 e. The summed E-state index contributed by atoms with van der Waals surface area (Å²) in [6, 6.07) is 10.3. The van der Waals surface area contributed by atoms with Crippen LogP contribution in [-0.4, -0.2) is 18.5 Å². The van der Waals surface area contributed by atoms with Crippen LogP contribution < -0.4 is 11.1 Å². The lowest BCUT2D eigenvalue weighted by Gasteiger charge is -2.33. The van der Waals surface area contributed by atoms with Gasteiger partial charge in [-0.15, -0.1) is 12.4 Å². The van der Waals surface area contributed by atoms with E-state index >= 15 is 0 Å². The topological polar surface area (TPSA) is 55.1 Å². The summed E-state index contributed by atoms with van der Waals surface area (Å²) in [5.41, 5.74) is 6.72. The third-order valence-electron chi connectivity index (χ3n) is 4.89. The Bertz CT molecular complexity index is 470. The minimum Gasteiger partial charge on any atom is -0.351 e. The van der Waals surface area contributed by atoms with Crippen LogP contribution in [0.2, 0.25) is 0 Å². The standard InChI is InChI=1S/C19H30N2O.ClH/c1-19(2,13-15-9-5-3-6-10-15)18(22)21-17(14-20)16-11-7-4-8-12-16;/h3,5-6,9-10,16-17H,4,7-8,11-14,20H2,1-2H3,(H,21,22);1H. The van der Waals surface area contributed by atoms with E-state index in [4.69, 9.17) is 5.73 Å². The van der Waals surface area contributed by atoms with Crippen molar-refractivity contribution in [3.8, 4) is 0 Å². The molecule has 0 bridgehead atoms. The van der Waals surface area contributed by atoms with Crippen LogP contribution in [0.15, 0.2) is 30.3 Å². The fourth-order valence-electron chi connectivity index (χ4n) is 3.46. The van der Waals surface area contributed by atoms with E-state index in [1.807, 2.05) is 32.0 Å². The molecule has 130 valence electrons. The molecule has 1 fully saturated rings. The summed E-state index contributed by atoms with van der Waals surface area (Å²) in [6.07, 6.45) is 7.00. The highest BCUT2D eigenvalue weighted by molar-refractivity contribution is 5.85. The van der Waals surface area contributed by atoms with Gasteiger partial charge < -0.3 is 11.1 Å². The smallest absolute Gasteiger partial charge is 0.226 e. The number of rotatable bonds is 6. The number of hydrogen-bond donors (Lipinski definition) is 2. The van der Waals surface area contributed by atoms with E-state index < -0.39 is 5.41 Å². The van der Waals surface area contributed by atoms with Gasteiger partial charge >= 0.3 is 0 Å². The first-order chi connectivity index (χ1) is 10.5. The van der Waals surface area contributed by atoms with Crippen molar-refractivity contribution in [3.63, 3.8) is 0 Å². The van der Waals surface area contributed by atoms with Gasteiger partial charge in [-0.1, -0.05) is 63.4 Å². The molecule has 1 atom stereocenters. The molecule has 1 saturated carbocycles. The van der Waals surface area contributed by atoms with Gasteiger partial charge in [-0.05, 0) is 30.7 Å². The van der Waals surface area contributed by atoms with Crippen LogP contribution in [-0.2, 0) is 11.2 Å². The Labute approximate surface area is 146 Å². The lowest BCUT2D eigenvalue weighted by Crippen LogP contribution is -2.50. The average molecular weight is 339 g/mol. The molecule has 3 nitrogen and oxygen atoms in total. The summed E-state index contributed by atoms with van der Waals surface area (Å²) in [6.45, 7) is 4.57. The molecule has 3 N–H and O–H groups in total. The molecule has 0 saturated heterocycles. The van der Waals surface area contributed by atoms with E-state index in [0.717, 1.165) is 6.42 Å².